The Hall–Kier alpha value is -1.79. The summed E-state index contributed by atoms with van der Waals surface area (Å²) >= 11 is 3.99. The lowest BCUT2D eigenvalue weighted by atomic mass is 10.1. The van der Waals surface area contributed by atoms with E-state index in [2.05, 4.69) is 17.4 Å². The van der Waals surface area contributed by atoms with Crippen LogP contribution < -0.4 is 14.8 Å². The van der Waals surface area contributed by atoms with E-state index in [4.69, 9.17) is 9.47 Å². The molecule has 1 unspecified atom stereocenters. The molecule has 1 atom stereocenters. The van der Waals surface area contributed by atoms with E-state index >= 15 is 0 Å². The lowest BCUT2D eigenvalue weighted by molar-refractivity contribution is -0.123. The van der Waals surface area contributed by atoms with Gasteiger partial charge in [-0.05, 0) is 48.6 Å². The number of para-hydroxylation sites is 1. The molecule has 1 heterocycles. The van der Waals surface area contributed by atoms with Gasteiger partial charge in [0.2, 0.25) is 0 Å². The number of carbonyl (C=O) groups is 1. The van der Waals surface area contributed by atoms with Crippen LogP contribution >= 0.6 is 23.5 Å². The van der Waals surface area contributed by atoms with E-state index in [0.29, 0.717) is 10.3 Å². The minimum absolute atomic E-state index is 0.00817. The van der Waals surface area contributed by atoms with Crippen LogP contribution in [0.15, 0.2) is 48.5 Å². The van der Waals surface area contributed by atoms with Gasteiger partial charge in [0.05, 0.1) is 17.7 Å². The average molecular weight is 404 g/mol. The van der Waals surface area contributed by atoms with Gasteiger partial charge in [-0.1, -0.05) is 30.3 Å². The van der Waals surface area contributed by atoms with Crippen LogP contribution in [0.5, 0.6) is 11.5 Å². The molecular weight excluding hydrogens is 378 g/mol. The smallest absolute Gasteiger partial charge is 0.258 e. The van der Waals surface area contributed by atoms with Crippen molar-refractivity contribution in [2.24, 2.45) is 0 Å². The van der Waals surface area contributed by atoms with Crippen molar-refractivity contribution in [2.75, 3.05) is 25.2 Å². The zero-order chi connectivity index (χ0) is 19.1. The van der Waals surface area contributed by atoms with Crippen molar-refractivity contribution in [2.45, 2.75) is 24.0 Å². The molecule has 6 heteroatoms. The summed E-state index contributed by atoms with van der Waals surface area (Å²) in [6.07, 6.45) is 1.29. The Labute approximate surface area is 169 Å². The number of ether oxygens (including phenoxy) is 2. The Morgan fingerprint density at radius 1 is 1.15 bits per heavy atom. The predicted molar refractivity (Wildman–Crippen MR) is 114 cm³/mol. The zero-order valence-corrected chi connectivity index (χ0v) is 17.3. The number of carbonyl (C=O) groups excluding carboxylic acids is 1. The second kappa shape index (κ2) is 9.95. The largest absolute Gasteiger partial charge is 0.496 e. The van der Waals surface area contributed by atoms with Crippen molar-refractivity contribution >= 4 is 29.4 Å². The third-order valence-corrected chi connectivity index (χ3v) is 7.35. The first kappa shape index (κ1) is 20.0. The lowest BCUT2D eigenvalue weighted by Gasteiger charge is -2.21. The van der Waals surface area contributed by atoms with Gasteiger partial charge in [0.15, 0.2) is 6.61 Å². The molecule has 0 spiro atoms. The molecule has 1 fully saturated rings. The van der Waals surface area contributed by atoms with Crippen LogP contribution in [0.3, 0.4) is 0 Å². The summed E-state index contributed by atoms with van der Waals surface area (Å²) in [6, 6.07) is 15.6. The third kappa shape index (κ3) is 5.59. The lowest BCUT2D eigenvalue weighted by Crippen LogP contribution is -2.31. The third-order valence-electron chi connectivity index (χ3n) is 4.33. The van der Waals surface area contributed by atoms with E-state index in [1.54, 1.807) is 7.11 Å². The maximum atomic E-state index is 12.2. The predicted octanol–water partition coefficient (Wildman–Crippen LogP) is 4.82. The molecule has 4 nitrogen and oxygen atoms in total. The summed E-state index contributed by atoms with van der Waals surface area (Å²) < 4.78 is 11.5. The van der Waals surface area contributed by atoms with Crippen molar-refractivity contribution in [3.05, 3.63) is 59.7 Å². The molecule has 0 radical (unpaired) electrons. The molecule has 0 aromatic heterocycles. The molecule has 2 aromatic rings. The highest BCUT2D eigenvalue weighted by Crippen LogP contribution is 2.43. The molecule has 1 aliphatic heterocycles. The van der Waals surface area contributed by atoms with Crippen molar-refractivity contribution < 1.29 is 14.3 Å². The SMILES string of the molecule is COc1ccccc1C(C)NC(=O)COc1ccc(C2SCCCS2)cc1. The average Bonchev–Trinajstić information content (AvgIpc) is 2.73. The molecule has 144 valence electrons. The van der Waals surface area contributed by atoms with Crippen molar-refractivity contribution in [3.8, 4) is 11.5 Å². The topological polar surface area (TPSA) is 47.6 Å². The van der Waals surface area contributed by atoms with Crippen LogP contribution in [0.2, 0.25) is 0 Å². The van der Waals surface area contributed by atoms with E-state index in [9.17, 15) is 4.79 Å². The summed E-state index contributed by atoms with van der Waals surface area (Å²) in [5, 5.41) is 2.95. The zero-order valence-electron chi connectivity index (χ0n) is 15.6. The summed E-state index contributed by atoms with van der Waals surface area (Å²) in [6.45, 7) is 1.93. The second-order valence-electron chi connectivity index (χ2n) is 6.32. The molecule has 1 amide bonds. The summed E-state index contributed by atoms with van der Waals surface area (Å²) in [5.41, 5.74) is 2.26. The number of amides is 1. The second-order valence-corrected chi connectivity index (χ2v) is 9.04. The Morgan fingerprint density at radius 3 is 2.56 bits per heavy atom. The highest BCUT2D eigenvalue weighted by Gasteiger charge is 2.17. The molecular formula is C21H25NO3S2. The van der Waals surface area contributed by atoms with Crippen molar-refractivity contribution in [1.29, 1.82) is 0 Å². The van der Waals surface area contributed by atoms with Gasteiger partial charge in [-0.25, -0.2) is 0 Å². The van der Waals surface area contributed by atoms with E-state index in [1.807, 2.05) is 66.8 Å². The molecule has 3 rings (SSSR count). The van der Waals surface area contributed by atoms with Gasteiger partial charge in [-0.3, -0.25) is 4.79 Å². The number of methoxy groups -OCH3 is 1. The van der Waals surface area contributed by atoms with Gasteiger partial charge in [0.1, 0.15) is 11.5 Å². The number of thioether (sulfide) groups is 2. The first-order valence-electron chi connectivity index (χ1n) is 9.05. The summed E-state index contributed by atoms with van der Waals surface area (Å²) in [5.74, 6) is 3.77. The molecule has 27 heavy (non-hydrogen) atoms. The maximum absolute atomic E-state index is 12.2. The summed E-state index contributed by atoms with van der Waals surface area (Å²) in [7, 11) is 1.63. The fourth-order valence-corrected chi connectivity index (χ4v) is 5.83. The van der Waals surface area contributed by atoms with Gasteiger partial charge >= 0.3 is 0 Å². The Balaban J connectivity index is 1.50. The molecule has 1 N–H and O–H groups in total. The minimum atomic E-state index is -0.157. The van der Waals surface area contributed by atoms with Crippen LogP contribution in [0, 0.1) is 0 Å². The van der Waals surface area contributed by atoms with Crippen LogP contribution in [-0.2, 0) is 4.79 Å². The standard InChI is InChI=1S/C21H25NO3S2/c1-15(18-6-3-4-7-19(18)24-2)22-20(23)14-25-17-10-8-16(9-11-17)21-26-12-5-13-27-21/h3-4,6-11,15,21H,5,12-14H2,1-2H3,(H,22,23). The Kier molecular flexibility index (Phi) is 7.35. The maximum Gasteiger partial charge on any atom is 0.258 e. The van der Waals surface area contributed by atoms with Crippen molar-refractivity contribution in [3.63, 3.8) is 0 Å². The van der Waals surface area contributed by atoms with E-state index in [-0.39, 0.29) is 18.6 Å². The molecule has 1 aliphatic rings. The highest BCUT2D eigenvalue weighted by atomic mass is 32.2. The molecule has 0 aliphatic carbocycles. The summed E-state index contributed by atoms with van der Waals surface area (Å²) in [4.78, 5) is 12.2. The first-order chi connectivity index (χ1) is 13.2. The van der Waals surface area contributed by atoms with E-state index in [1.165, 1.54) is 23.5 Å². The number of rotatable bonds is 7. The fraction of sp³-hybridized carbons (Fsp3) is 0.381. The number of benzene rings is 2. The monoisotopic (exact) mass is 403 g/mol. The van der Waals surface area contributed by atoms with Gasteiger partial charge in [0.25, 0.3) is 5.91 Å². The molecule has 0 bridgehead atoms. The van der Waals surface area contributed by atoms with Crippen LogP contribution in [0.25, 0.3) is 0 Å². The normalized spacial score (nSPS) is 15.8. The van der Waals surface area contributed by atoms with Crippen molar-refractivity contribution in [1.82, 2.24) is 5.32 Å². The quantitative estimate of drug-likeness (QED) is 0.718. The Bertz CT molecular complexity index is 745. The minimum Gasteiger partial charge on any atom is -0.496 e. The van der Waals surface area contributed by atoms with E-state index in [0.717, 1.165) is 11.3 Å². The highest BCUT2D eigenvalue weighted by molar-refractivity contribution is 8.16. The molecule has 2 aromatic carbocycles. The number of hydrogen-bond acceptors (Lipinski definition) is 5. The van der Waals surface area contributed by atoms with Crippen LogP contribution in [0.4, 0.5) is 0 Å². The van der Waals surface area contributed by atoms with Gasteiger partial charge in [-0.15, -0.1) is 23.5 Å². The number of hydrogen-bond donors (Lipinski definition) is 1. The van der Waals surface area contributed by atoms with Gasteiger partial charge in [-0.2, -0.15) is 0 Å². The molecule has 0 saturated carbocycles. The first-order valence-corrected chi connectivity index (χ1v) is 11.2. The van der Waals surface area contributed by atoms with Gasteiger partial charge in [0, 0.05) is 5.56 Å². The van der Waals surface area contributed by atoms with E-state index < -0.39 is 0 Å². The Morgan fingerprint density at radius 2 is 1.85 bits per heavy atom. The van der Waals surface area contributed by atoms with Crippen LogP contribution in [-0.4, -0.2) is 31.1 Å². The van der Waals surface area contributed by atoms with Crippen LogP contribution in [0.1, 0.15) is 35.1 Å². The number of nitrogens with one attached hydrogen (secondary N) is 1. The fourth-order valence-electron chi connectivity index (χ4n) is 2.94. The van der Waals surface area contributed by atoms with Gasteiger partial charge < -0.3 is 14.8 Å². The molecule has 1 saturated heterocycles.